The Morgan fingerprint density at radius 3 is 2.58 bits per heavy atom. The van der Waals surface area contributed by atoms with E-state index in [1.165, 1.54) is 7.11 Å². The van der Waals surface area contributed by atoms with Gasteiger partial charge in [-0.1, -0.05) is 0 Å². The smallest absolute Gasteiger partial charge is 0.391 e. The summed E-state index contributed by atoms with van der Waals surface area (Å²) in [6, 6.07) is 4.76. The van der Waals surface area contributed by atoms with Gasteiger partial charge in [0.25, 0.3) is 0 Å². The summed E-state index contributed by atoms with van der Waals surface area (Å²) >= 11 is 0. The molecule has 0 spiro atoms. The number of amidine groups is 1. The predicted molar refractivity (Wildman–Crippen MR) is 64.3 cm³/mol. The van der Waals surface area contributed by atoms with Crippen LogP contribution in [0.2, 0.25) is 0 Å². The van der Waals surface area contributed by atoms with E-state index in [-0.39, 0.29) is 12.4 Å². The van der Waals surface area contributed by atoms with Crippen LogP contribution in [-0.2, 0) is 11.3 Å². The normalized spacial score (nSPS) is 11.4. The van der Waals surface area contributed by atoms with Crippen molar-refractivity contribution < 1.29 is 22.6 Å². The second-order valence-corrected chi connectivity index (χ2v) is 3.86. The van der Waals surface area contributed by atoms with Crippen molar-refractivity contribution in [2.45, 2.75) is 19.2 Å². The molecule has 3 N–H and O–H groups in total. The molecule has 1 aromatic rings. The Kier molecular flexibility index (Phi) is 5.17. The highest BCUT2D eigenvalue weighted by molar-refractivity contribution is 5.95. The largest absolute Gasteiger partial charge is 0.496 e. The average molecular weight is 276 g/mol. The Morgan fingerprint density at radius 2 is 2.05 bits per heavy atom. The highest BCUT2D eigenvalue weighted by Gasteiger charge is 2.26. The number of hydrogen-bond donors (Lipinski definition) is 2. The molecule has 7 heteroatoms. The Balaban J connectivity index is 2.65. The Hall–Kier alpha value is -1.76. The van der Waals surface area contributed by atoms with Crippen molar-refractivity contribution in [3.8, 4) is 5.75 Å². The molecule has 0 saturated carbocycles. The molecule has 19 heavy (non-hydrogen) atoms. The lowest BCUT2D eigenvalue weighted by atomic mass is 10.1. The van der Waals surface area contributed by atoms with Crippen molar-refractivity contribution in [2.75, 3.05) is 13.7 Å². The van der Waals surface area contributed by atoms with Crippen LogP contribution in [-0.4, -0.2) is 25.7 Å². The highest BCUT2D eigenvalue weighted by atomic mass is 19.4. The number of rotatable bonds is 6. The molecular weight excluding hydrogens is 261 g/mol. The first-order chi connectivity index (χ1) is 8.83. The van der Waals surface area contributed by atoms with Crippen molar-refractivity contribution in [3.05, 3.63) is 29.3 Å². The standard InChI is InChI=1S/C12H15F3N2O2/c1-18-10-3-2-8(11(16)17)6-9(10)7-19-5-4-12(13,14)15/h2-3,6H,4-5,7H2,1H3,(H3,16,17). The van der Waals surface area contributed by atoms with E-state index >= 15 is 0 Å². The van der Waals surface area contributed by atoms with Gasteiger partial charge >= 0.3 is 6.18 Å². The van der Waals surface area contributed by atoms with Gasteiger partial charge in [-0.15, -0.1) is 0 Å². The molecule has 0 atom stereocenters. The minimum atomic E-state index is -4.23. The third kappa shape index (κ3) is 5.17. The molecule has 0 aliphatic rings. The van der Waals surface area contributed by atoms with Crippen molar-refractivity contribution in [1.29, 1.82) is 5.41 Å². The molecule has 0 unspecified atom stereocenters. The summed E-state index contributed by atoms with van der Waals surface area (Å²) in [4.78, 5) is 0. The van der Waals surface area contributed by atoms with Crippen LogP contribution < -0.4 is 10.5 Å². The summed E-state index contributed by atoms with van der Waals surface area (Å²) < 4.78 is 45.9. The fourth-order valence-corrected chi connectivity index (χ4v) is 1.43. The van der Waals surface area contributed by atoms with E-state index in [0.29, 0.717) is 16.9 Å². The monoisotopic (exact) mass is 276 g/mol. The van der Waals surface area contributed by atoms with Crippen molar-refractivity contribution in [3.63, 3.8) is 0 Å². The number of nitrogen functional groups attached to an aromatic ring is 1. The van der Waals surface area contributed by atoms with E-state index in [4.69, 9.17) is 20.6 Å². The van der Waals surface area contributed by atoms with Crippen LogP contribution >= 0.6 is 0 Å². The molecule has 0 radical (unpaired) electrons. The van der Waals surface area contributed by atoms with Crippen LogP contribution in [0.5, 0.6) is 5.75 Å². The number of nitrogens with one attached hydrogen (secondary N) is 1. The Labute approximate surface area is 108 Å². The summed E-state index contributed by atoms with van der Waals surface area (Å²) in [5.41, 5.74) is 6.36. The zero-order valence-electron chi connectivity index (χ0n) is 10.4. The lowest BCUT2D eigenvalue weighted by molar-refractivity contribution is -0.146. The topological polar surface area (TPSA) is 68.3 Å². The van der Waals surface area contributed by atoms with Crippen molar-refractivity contribution in [2.24, 2.45) is 5.73 Å². The van der Waals surface area contributed by atoms with Gasteiger partial charge in [0.15, 0.2) is 0 Å². The molecule has 1 rings (SSSR count). The summed E-state index contributed by atoms with van der Waals surface area (Å²) in [6.07, 6.45) is -5.23. The minimum Gasteiger partial charge on any atom is -0.496 e. The molecule has 1 aromatic carbocycles. The lowest BCUT2D eigenvalue weighted by Gasteiger charge is -2.11. The summed E-state index contributed by atoms with van der Waals surface area (Å²) in [6.45, 7) is -0.447. The molecule has 0 aliphatic carbocycles. The quantitative estimate of drug-likeness (QED) is 0.476. The number of benzene rings is 1. The van der Waals surface area contributed by atoms with Crippen LogP contribution in [0.1, 0.15) is 17.5 Å². The first-order valence-electron chi connectivity index (χ1n) is 5.49. The van der Waals surface area contributed by atoms with Crippen LogP contribution in [0.15, 0.2) is 18.2 Å². The second kappa shape index (κ2) is 6.42. The maximum absolute atomic E-state index is 11.9. The molecule has 4 nitrogen and oxygen atoms in total. The second-order valence-electron chi connectivity index (χ2n) is 3.86. The van der Waals surface area contributed by atoms with Crippen LogP contribution in [0.25, 0.3) is 0 Å². The van der Waals surface area contributed by atoms with E-state index in [1.807, 2.05) is 0 Å². The van der Waals surface area contributed by atoms with Crippen LogP contribution in [0.4, 0.5) is 13.2 Å². The average Bonchev–Trinajstić information content (AvgIpc) is 2.33. The van der Waals surface area contributed by atoms with Crippen molar-refractivity contribution in [1.82, 2.24) is 0 Å². The van der Waals surface area contributed by atoms with Gasteiger partial charge in [-0.25, -0.2) is 0 Å². The first-order valence-corrected chi connectivity index (χ1v) is 5.49. The van der Waals surface area contributed by atoms with E-state index in [1.54, 1.807) is 18.2 Å². The lowest BCUT2D eigenvalue weighted by Crippen LogP contribution is -2.13. The molecule has 0 bridgehead atoms. The highest BCUT2D eigenvalue weighted by Crippen LogP contribution is 2.22. The van der Waals surface area contributed by atoms with E-state index in [9.17, 15) is 13.2 Å². The molecular formula is C12H15F3N2O2. The molecule has 106 valence electrons. The van der Waals surface area contributed by atoms with Gasteiger partial charge in [0.05, 0.1) is 26.7 Å². The molecule has 0 saturated heterocycles. The number of hydrogen-bond acceptors (Lipinski definition) is 3. The van der Waals surface area contributed by atoms with Gasteiger partial charge in [0.2, 0.25) is 0 Å². The van der Waals surface area contributed by atoms with Gasteiger partial charge < -0.3 is 15.2 Å². The molecule has 0 heterocycles. The number of alkyl halides is 3. The van der Waals surface area contributed by atoms with E-state index < -0.39 is 19.2 Å². The zero-order valence-corrected chi connectivity index (χ0v) is 10.4. The minimum absolute atomic E-state index is 0.0274. The molecule has 0 amide bonds. The third-order valence-corrected chi connectivity index (χ3v) is 2.38. The van der Waals surface area contributed by atoms with Crippen molar-refractivity contribution >= 4 is 5.84 Å². The number of ether oxygens (including phenoxy) is 2. The van der Waals surface area contributed by atoms with Crippen LogP contribution in [0.3, 0.4) is 0 Å². The SMILES string of the molecule is COc1ccc(C(=N)N)cc1COCCC(F)(F)F. The molecule has 0 aromatic heterocycles. The van der Waals surface area contributed by atoms with E-state index in [0.717, 1.165) is 0 Å². The number of halogens is 3. The summed E-state index contributed by atoms with van der Waals surface area (Å²) in [7, 11) is 1.45. The van der Waals surface area contributed by atoms with Gasteiger partial charge in [-0.2, -0.15) is 13.2 Å². The van der Waals surface area contributed by atoms with Gasteiger partial charge in [0, 0.05) is 11.1 Å². The summed E-state index contributed by atoms with van der Waals surface area (Å²) in [5.74, 6) is 0.358. The Morgan fingerprint density at radius 1 is 1.37 bits per heavy atom. The fraction of sp³-hybridized carbons (Fsp3) is 0.417. The van der Waals surface area contributed by atoms with E-state index in [2.05, 4.69) is 0 Å². The number of methoxy groups -OCH3 is 1. The maximum atomic E-state index is 11.9. The fourth-order valence-electron chi connectivity index (χ4n) is 1.43. The van der Waals surface area contributed by atoms with Gasteiger partial charge in [0.1, 0.15) is 11.6 Å². The first kappa shape index (κ1) is 15.3. The number of nitrogens with two attached hydrogens (primary N) is 1. The van der Waals surface area contributed by atoms with Crippen LogP contribution in [0, 0.1) is 5.41 Å². The molecule has 0 aliphatic heterocycles. The summed E-state index contributed by atoms with van der Waals surface area (Å²) in [5, 5.41) is 7.30. The zero-order chi connectivity index (χ0) is 14.5. The van der Waals surface area contributed by atoms with Gasteiger partial charge in [-0.05, 0) is 18.2 Å². The maximum Gasteiger partial charge on any atom is 0.391 e. The predicted octanol–water partition coefficient (Wildman–Crippen LogP) is 2.45. The molecule has 0 fully saturated rings. The third-order valence-electron chi connectivity index (χ3n) is 2.38. The Bertz CT molecular complexity index is 447. The van der Waals surface area contributed by atoms with Gasteiger partial charge in [-0.3, -0.25) is 5.41 Å².